The van der Waals surface area contributed by atoms with Crippen LogP contribution in [0.25, 0.3) is 0 Å². The van der Waals surface area contributed by atoms with Crippen molar-refractivity contribution >= 4 is 57.5 Å². The van der Waals surface area contributed by atoms with Gasteiger partial charge in [0.1, 0.15) is 0 Å². The van der Waals surface area contributed by atoms with Crippen molar-refractivity contribution in [1.82, 2.24) is 0 Å². The van der Waals surface area contributed by atoms with Gasteiger partial charge in [-0.3, -0.25) is 0 Å². The summed E-state index contributed by atoms with van der Waals surface area (Å²) in [5.74, 6) is -0.334. The average molecular weight is 735 g/mol. The first kappa shape index (κ1) is 32.6. The van der Waals surface area contributed by atoms with Crippen molar-refractivity contribution in [2.75, 3.05) is 22.9 Å². The van der Waals surface area contributed by atoms with Crippen LogP contribution in [0, 0.1) is 41.5 Å². The summed E-state index contributed by atoms with van der Waals surface area (Å²) in [6, 6.07) is 24.2. The third-order valence-corrected chi connectivity index (χ3v) is 14.4. The molecule has 4 aromatic carbocycles. The van der Waals surface area contributed by atoms with Crippen molar-refractivity contribution in [3.63, 3.8) is 0 Å². The number of thioether (sulfide) groups is 1. The molecular formula is C36H38Cl2N2O2RuS. The summed E-state index contributed by atoms with van der Waals surface area (Å²) >= 11 is -2.23. The number of carbonyl (C=O) groups is 1. The molecule has 4 nitrogen and oxygen atoms in total. The summed E-state index contributed by atoms with van der Waals surface area (Å²) in [5, 5.41) is 9.68. The Labute approximate surface area is 275 Å². The topological polar surface area (TPSA) is 43.8 Å². The third kappa shape index (κ3) is 6.75. The number of rotatable bonds is 7. The molecule has 0 radical (unpaired) electrons. The van der Waals surface area contributed by atoms with Crippen LogP contribution in [-0.4, -0.2) is 33.1 Å². The minimum atomic E-state index is -3.74. The van der Waals surface area contributed by atoms with Gasteiger partial charge in [0.2, 0.25) is 0 Å². The number of carboxylic acids is 1. The zero-order chi connectivity index (χ0) is 31.8. The van der Waals surface area contributed by atoms with E-state index in [-0.39, 0.29) is 0 Å². The molecule has 1 saturated heterocycles. The number of nitrogens with zero attached hydrogens (tertiary/aromatic N) is 2. The molecule has 8 heteroatoms. The van der Waals surface area contributed by atoms with Gasteiger partial charge in [-0.05, 0) is 0 Å². The van der Waals surface area contributed by atoms with Crippen LogP contribution in [0.4, 0.5) is 11.4 Å². The van der Waals surface area contributed by atoms with E-state index < -0.39 is 17.9 Å². The Kier molecular flexibility index (Phi) is 9.87. The number of benzene rings is 4. The van der Waals surface area contributed by atoms with Crippen molar-refractivity contribution in [2.45, 2.75) is 52.2 Å². The predicted molar refractivity (Wildman–Crippen MR) is 187 cm³/mol. The molecule has 0 aliphatic carbocycles. The van der Waals surface area contributed by atoms with E-state index in [2.05, 4.69) is 92.3 Å². The first-order chi connectivity index (χ1) is 20.9. The van der Waals surface area contributed by atoms with E-state index >= 15 is 0 Å². The first-order valence-corrected chi connectivity index (χ1v) is 21.8. The fourth-order valence-corrected chi connectivity index (χ4v) is 13.4. The molecule has 232 valence electrons. The Bertz CT molecular complexity index is 1770. The van der Waals surface area contributed by atoms with E-state index in [4.69, 9.17) is 19.4 Å². The van der Waals surface area contributed by atoms with Crippen LogP contribution in [0.2, 0.25) is 0 Å². The van der Waals surface area contributed by atoms with Gasteiger partial charge in [-0.15, -0.1) is 0 Å². The van der Waals surface area contributed by atoms with Gasteiger partial charge >= 0.3 is 277 Å². The monoisotopic (exact) mass is 734 g/mol. The maximum atomic E-state index is 11.8. The zero-order valence-electron chi connectivity index (χ0n) is 25.9. The summed E-state index contributed by atoms with van der Waals surface area (Å²) in [6.45, 7) is 14.5. The maximum absolute atomic E-state index is 11.8. The average Bonchev–Trinajstić information content (AvgIpc) is 3.36. The van der Waals surface area contributed by atoms with Gasteiger partial charge in [-0.1, -0.05) is 0 Å². The number of carboxylic acid groups (broad SMARTS) is 1. The quantitative estimate of drug-likeness (QED) is 0.152. The Hall–Kier alpha value is -2.76. The molecule has 0 bridgehead atoms. The van der Waals surface area contributed by atoms with Gasteiger partial charge in [-0.25, -0.2) is 0 Å². The van der Waals surface area contributed by atoms with E-state index in [0.717, 1.165) is 33.5 Å². The Balaban J connectivity index is 1.69. The summed E-state index contributed by atoms with van der Waals surface area (Å²) in [5.41, 5.74) is 12.0. The molecule has 0 unspecified atom stereocenters. The van der Waals surface area contributed by atoms with Crippen LogP contribution in [0.15, 0.2) is 77.7 Å². The van der Waals surface area contributed by atoms with Gasteiger partial charge in [-0.2, -0.15) is 0 Å². The first-order valence-electron chi connectivity index (χ1n) is 14.5. The Morgan fingerprint density at radius 1 is 0.795 bits per heavy atom. The van der Waals surface area contributed by atoms with Crippen LogP contribution < -0.4 is 9.80 Å². The molecule has 0 aromatic heterocycles. The molecule has 44 heavy (non-hydrogen) atoms. The minimum absolute atomic E-state index is 0.305. The zero-order valence-corrected chi connectivity index (χ0v) is 30.0. The molecular weight excluding hydrogens is 696 g/mol. The Morgan fingerprint density at radius 2 is 1.27 bits per heavy atom. The van der Waals surface area contributed by atoms with Gasteiger partial charge in [0.15, 0.2) is 0 Å². The fourth-order valence-electron chi connectivity index (χ4n) is 6.25. The molecule has 0 atom stereocenters. The molecule has 1 aliphatic heterocycles. The molecule has 4 aromatic rings. The second-order valence-corrected chi connectivity index (χ2v) is 21.6. The number of hydrogen-bond donors (Lipinski definition) is 1. The van der Waals surface area contributed by atoms with Crippen LogP contribution >= 0.6 is 31.1 Å². The summed E-state index contributed by atoms with van der Waals surface area (Å²) in [7, 11) is 15.3. The summed E-state index contributed by atoms with van der Waals surface area (Å²) < 4.78 is 3.09. The fraction of sp³-hybridized carbons (Fsp3) is 0.250. The van der Waals surface area contributed by atoms with Crippen LogP contribution in [0.3, 0.4) is 0 Å². The van der Waals surface area contributed by atoms with Crippen molar-refractivity contribution in [2.24, 2.45) is 0 Å². The normalized spacial score (nSPS) is 13.9. The van der Waals surface area contributed by atoms with Gasteiger partial charge in [0.25, 0.3) is 0 Å². The third-order valence-electron chi connectivity index (χ3n) is 7.79. The van der Waals surface area contributed by atoms with Crippen LogP contribution in [-0.2, 0) is 17.6 Å². The van der Waals surface area contributed by atoms with Crippen molar-refractivity contribution in [3.05, 3.63) is 123 Å². The predicted octanol–water partition coefficient (Wildman–Crippen LogP) is 9.25. The van der Waals surface area contributed by atoms with Crippen molar-refractivity contribution in [3.8, 4) is 0 Å². The van der Waals surface area contributed by atoms with E-state index in [1.807, 2.05) is 24.3 Å². The molecule has 0 spiro atoms. The van der Waals surface area contributed by atoms with E-state index in [1.54, 1.807) is 12.1 Å². The number of aromatic carboxylic acids is 1. The molecule has 1 heterocycles. The van der Waals surface area contributed by atoms with E-state index in [1.165, 1.54) is 56.5 Å². The molecule has 5 rings (SSSR count). The van der Waals surface area contributed by atoms with Gasteiger partial charge < -0.3 is 0 Å². The second-order valence-electron chi connectivity index (χ2n) is 11.4. The molecule has 1 fully saturated rings. The number of anilines is 2. The van der Waals surface area contributed by atoms with Crippen molar-refractivity contribution in [1.29, 1.82) is 0 Å². The standard InChI is InChI=1S/C21H26N2.C15H12O2S.2ClH.Ru/c1-14-9-16(3)20(17(4)10-14)22-7-8-23(13-22)21-18(5)11-15(2)12-19(21)6;1-11-6-2-3-7-12(11)10-18-14-9-5-4-8-13(14)15(16)17;;;/h9-12H,7-8H2,1-6H3;1-9H,10H2,(H,16,17);2*1H;/q;;;;+2/p-2. The molecule has 1 aliphatic rings. The van der Waals surface area contributed by atoms with Gasteiger partial charge in [0.05, 0.1) is 0 Å². The number of hydrogen-bond acceptors (Lipinski definition) is 4. The van der Waals surface area contributed by atoms with Gasteiger partial charge in [0, 0.05) is 0 Å². The van der Waals surface area contributed by atoms with Crippen molar-refractivity contribution < 1.29 is 21.8 Å². The summed E-state index contributed by atoms with van der Waals surface area (Å²) in [4.78, 5) is 17.3. The number of halogens is 2. The Morgan fingerprint density at radius 3 is 1.80 bits per heavy atom. The SMILES string of the molecule is Cc1cc(C)c(N2CCN(c3c(C)cc(C)cc3C)[C]2=[Ru]([Cl])([Cl])=[CH]c2ccccc2CSc2ccccc2C(=O)O)c(C)c1. The molecule has 1 N–H and O–H groups in total. The molecule has 0 saturated carbocycles. The van der Waals surface area contributed by atoms with Crippen LogP contribution in [0.1, 0.15) is 54.9 Å². The van der Waals surface area contributed by atoms with E-state index in [0.29, 0.717) is 11.3 Å². The summed E-state index contributed by atoms with van der Waals surface area (Å²) in [6.07, 6.45) is 0. The second kappa shape index (κ2) is 13.3. The molecule has 0 amide bonds. The number of aryl methyl sites for hydroxylation is 6. The van der Waals surface area contributed by atoms with Crippen LogP contribution in [0.5, 0.6) is 0 Å². The van der Waals surface area contributed by atoms with E-state index in [9.17, 15) is 9.90 Å².